The lowest BCUT2D eigenvalue weighted by atomic mass is 10.1. The van der Waals surface area contributed by atoms with Crippen LogP contribution in [0.2, 0.25) is 0 Å². The summed E-state index contributed by atoms with van der Waals surface area (Å²) in [4.78, 5) is 12.5. The Labute approximate surface area is 132 Å². The SMILES string of the molecule is COc1ccc(NC(=O)c2csc3ccccc23)c(OC)c1. The number of benzene rings is 2. The third-order valence-electron chi connectivity index (χ3n) is 3.38. The number of carbonyl (C=O) groups is 1. The minimum atomic E-state index is -0.152. The fourth-order valence-electron chi connectivity index (χ4n) is 2.25. The van der Waals surface area contributed by atoms with Crippen LogP contribution in [0.15, 0.2) is 47.8 Å². The molecule has 112 valence electrons. The van der Waals surface area contributed by atoms with Crippen LogP contribution in [0.5, 0.6) is 11.5 Å². The predicted molar refractivity (Wildman–Crippen MR) is 89.3 cm³/mol. The van der Waals surface area contributed by atoms with E-state index in [9.17, 15) is 4.79 Å². The molecule has 0 bridgehead atoms. The number of fused-ring (bicyclic) bond motifs is 1. The van der Waals surface area contributed by atoms with E-state index in [1.54, 1.807) is 43.8 Å². The first-order chi connectivity index (χ1) is 10.7. The van der Waals surface area contributed by atoms with Gasteiger partial charge in [-0.1, -0.05) is 18.2 Å². The van der Waals surface area contributed by atoms with E-state index < -0.39 is 0 Å². The maximum absolute atomic E-state index is 12.5. The molecular weight excluding hydrogens is 298 g/mol. The summed E-state index contributed by atoms with van der Waals surface area (Å²) in [6, 6.07) is 13.1. The average molecular weight is 313 g/mol. The Hall–Kier alpha value is -2.53. The van der Waals surface area contributed by atoms with Gasteiger partial charge in [0.05, 0.1) is 25.5 Å². The predicted octanol–water partition coefficient (Wildman–Crippen LogP) is 4.17. The number of methoxy groups -OCH3 is 2. The summed E-state index contributed by atoms with van der Waals surface area (Å²) in [6.45, 7) is 0. The molecule has 3 rings (SSSR count). The van der Waals surface area contributed by atoms with Gasteiger partial charge in [-0.3, -0.25) is 4.79 Å². The van der Waals surface area contributed by atoms with Crippen molar-refractivity contribution in [1.82, 2.24) is 0 Å². The lowest BCUT2D eigenvalue weighted by molar-refractivity contribution is 0.102. The Bertz CT molecular complexity index is 826. The molecular formula is C17H15NO3S. The van der Waals surface area contributed by atoms with E-state index in [-0.39, 0.29) is 5.91 Å². The zero-order valence-corrected chi connectivity index (χ0v) is 13.1. The molecule has 1 N–H and O–H groups in total. The first kappa shape index (κ1) is 14.4. The maximum atomic E-state index is 12.5. The topological polar surface area (TPSA) is 47.6 Å². The average Bonchev–Trinajstić information content (AvgIpc) is 2.99. The number of nitrogens with one attached hydrogen (secondary N) is 1. The smallest absolute Gasteiger partial charge is 0.257 e. The highest BCUT2D eigenvalue weighted by atomic mass is 32.1. The number of hydrogen-bond acceptors (Lipinski definition) is 4. The summed E-state index contributed by atoms with van der Waals surface area (Å²) in [5.41, 5.74) is 1.28. The van der Waals surface area contributed by atoms with Crippen molar-refractivity contribution in [3.05, 3.63) is 53.4 Å². The third kappa shape index (κ3) is 2.63. The van der Waals surface area contributed by atoms with Gasteiger partial charge in [-0.05, 0) is 18.2 Å². The molecule has 0 unspecified atom stereocenters. The zero-order chi connectivity index (χ0) is 15.5. The van der Waals surface area contributed by atoms with Crippen molar-refractivity contribution in [2.24, 2.45) is 0 Å². The normalized spacial score (nSPS) is 10.5. The molecule has 22 heavy (non-hydrogen) atoms. The van der Waals surface area contributed by atoms with Crippen LogP contribution in [-0.4, -0.2) is 20.1 Å². The molecule has 0 fully saturated rings. The minimum absolute atomic E-state index is 0.152. The standard InChI is InChI=1S/C17H15NO3S/c1-20-11-7-8-14(15(9-11)21-2)18-17(19)13-10-22-16-6-4-3-5-12(13)16/h3-10H,1-2H3,(H,18,19). The molecule has 0 aliphatic carbocycles. The lowest BCUT2D eigenvalue weighted by Gasteiger charge is -2.11. The Kier molecular flexibility index (Phi) is 3.98. The highest BCUT2D eigenvalue weighted by Gasteiger charge is 2.14. The Morgan fingerprint density at radius 1 is 1.09 bits per heavy atom. The minimum Gasteiger partial charge on any atom is -0.497 e. The van der Waals surface area contributed by atoms with Gasteiger partial charge in [-0.25, -0.2) is 0 Å². The molecule has 1 amide bonds. The summed E-state index contributed by atoms with van der Waals surface area (Å²) in [5, 5.41) is 5.72. The second kappa shape index (κ2) is 6.07. The zero-order valence-electron chi connectivity index (χ0n) is 12.3. The van der Waals surface area contributed by atoms with E-state index in [2.05, 4.69) is 5.32 Å². The second-order valence-corrected chi connectivity index (χ2v) is 5.58. The molecule has 3 aromatic rings. The van der Waals surface area contributed by atoms with Crippen molar-refractivity contribution in [3.8, 4) is 11.5 Å². The van der Waals surface area contributed by atoms with Gasteiger partial charge in [0.15, 0.2) is 0 Å². The van der Waals surface area contributed by atoms with E-state index >= 15 is 0 Å². The van der Waals surface area contributed by atoms with Crippen LogP contribution in [0, 0.1) is 0 Å². The number of rotatable bonds is 4. The quantitative estimate of drug-likeness (QED) is 0.786. The summed E-state index contributed by atoms with van der Waals surface area (Å²) in [6.07, 6.45) is 0. The van der Waals surface area contributed by atoms with Crippen LogP contribution < -0.4 is 14.8 Å². The van der Waals surface area contributed by atoms with E-state index in [4.69, 9.17) is 9.47 Å². The van der Waals surface area contributed by atoms with Crippen molar-refractivity contribution in [2.75, 3.05) is 19.5 Å². The van der Waals surface area contributed by atoms with Crippen LogP contribution >= 0.6 is 11.3 Å². The van der Waals surface area contributed by atoms with E-state index in [1.807, 2.05) is 29.6 Å². The third-order valence-corrected chi connectivity index (χ3v) is 4.35. The first-order valence-corrected chi connectivity index (χ1v) is 7.60. The molecule has 0 aliphatic rings. The van der Waals surface area contributed by atoms with Gasteiger partial charge in [0.25, 0.3) is 5.91 Å². The molecule has 0 spiro atoms. The molecule has 2 aromatic carbocycles. The highest BCUT2D eigenvalue weighted by Crippen LogP contribution is 2.31. The fraction of sp³-hybridized carbons (Fsp3) is 0.118. The molecule has 0 atom stereocenters. The highest BCUT2D eigenvalue weighted by molar-refractivity contribution is 7.17. The van der Waals surface area contributed by atoms with Gasteiger partial charge < -0.3 is 14.8 Å². The monoisotopic (exact) mass is 313 g/mol. The molecule has 0 saturated carbocycles. The van der Waals surface area contributed by atoms with Crippen LogP contribution in [0.1, 0.15) is 10.4 Å². The van der Waals surface area contributed by atoms with E-state index in [1.165, 1.54) is 0 Å². The molecule has 0 saturated heterocycles. The number of anilines is 1. The van der Waals surface area contributed by atoms with Crippen molar-refractivity contribution in [2.45, 2.75) is 0 Å². The second-order valence-electron chi connectivity index (χ2n) is 4.67. The van der Waals surface area contributed by atoms with Crippen molar-refractivity contribution in [3.63, 3.8) is 0 Å². The van der Waals surface area contributed by atoms with Gasteiger partial charge in [-0.2, -0.15) is 0 Å². The summed E-state index contributed by atoms with van der Waals surface area (Å²) in [7, 11) is 3.15. The van der Waals surface area contributed by atoms with Gasteiger partial charge in [0.2, 0.25) is 0 Å². The Morgan fingerprint density at radius 3 is 2.68 bits per heavy atom. The number of thiophene rings is 1. The molecule has 1 heterocycles. The molecule has 1 aromatic heterocycles. The maximum Gasteiger partial charge on any atom is 0.257 e. The van der Waals surface area contributed by atoms with E-state index in [0.717, 1.165) is 10.1 Å². The molecule has 5 heteroatoms. The van der Waals surface area contributed by atoms with Crippen molar-refractivity contribution in [1.29, 1.82) is 0 Å². The number of ether oxygens (including phenoxy) is 2. The number of hydrogen-bond donors (Lipinski definition) is 1. The van der Waals surface area contributed by atoms with Gasteiger partial charge in [-0.15, -0.1) is 11.3 Å². The van der Waals surface area contributed by atoms with Crippen LogP contribution in [-0.2, 0) is 0 Å². The number of carbonyl (C=O) groups excluding carboxylic acids is 1. The molecule has 4 nitrogen and oxygen atoms in total. The fourth-order valence-corrected chi connectivity index (χ4v) is 3.19. The lowest BCUT2D eigenvalue weighted by Crippen LogP contribution is -2.12. The summed E-state index contributed by atoms with van der Waals surface area (Å²) >= 11 is 1.56. The van der Waals surface area contributed by atoms with Gasteiger partial charge >= 0.3 is 0 Å². The summed E-state index contributed by atoms with van der Waals surface area (Å²) in [5.74, 6) is 1.09. The van der Waals surface area contributed by atoms with Crippen LogP contribution in [0.4, 0.5) is 5.69 Å². The Balaban J connectivity index is 1.91. The molecule has 0 aliphatic heterocycles. The largest absolute Gasteiger partial charge is 0.497 e. The van der Waals surface area contributed by atoms with Crippen LogP contribution in [0.3, 0.4) is 0 Å². The Morgan fingerprint density at radius 2 is 1.91 bits per heavy atom. The van der Waals surface area contributed by atoms with Crippen LogP contribution in [0.25, 0.3) is 10.1 Å². The van der Waals surface area contributed by atoms with Crippen molar-refractivity contribution < 1.29 is 14.3 Å². The van der Waals surface area contributed by atoms with Crippen molar-refractivity contribution >= 4 is 33.0 Å². The molecule has 0 radical (unpaired) electrons. The first-order valence-electron chi connectivity index (χ1n) is 6.72. The van der Waals surface area contributed by atoms with Gasteiger partial charge in [0, 0.05) is 21.5 Å². The summed E-state index contributed by atoms with van der Waals surface area (Å²) < 4.78 is 11.5. The number of amides is 1. The van der Waals surface area contributed by atoms with E-state index in [0.29, 0.717) is 22.7 Å². The van der Waals surface area contributed by atoms with Gasteiger partial charge in [0.1, 0.15) is 11.5 Å².